The van der Waals surface area contributed by atoms with Gasteiger partial charge < -0.3 is 4.98 Å². The average Bonchev–Trinajstić information content (AvgIpc) is 2.97. The highest BCUT2D eigenvalue weighted by Crippen LogP contribution is 2.21. The summed E-state index contributed by atoms with van der Waals surface area (Å²) in [6, 6.07) is 15.7. The second-order valence-corrected chi connectivity index (χ2v) is 6.58. The normalized spacial score (nSPS) is 11.2. The molecule has 0 radical (unpaired) electrons. The summed E-state index contributed by atoms with van der Waals surface area (Å²) in [7, 11) is 0. The standard InChI is InChI=1S/C18H18N2OS/c1-12(2)18-19-15-9-8-13(10-16(15)20-18)17(21)11-22-14-6-4-3-5-7-14/h3-10,12H,11H2,1-2H3,(H,19,20). The Hall–Kier alpha value is -2.07. The minimum atomic E-state index is 0.136. The van der Waals surface area contributed by atoms with Crippen LogP contribution in [0.25, 0.3) is 11.0 Å². The van der Waals surface area contributed by atoms with Crippen molar-refractivity contribution in [3.05, 3.63) is 59.9 Å². The molecule has 0 aliphatic carbocycles. The number of nitrogens with zero attached hydrogens (tertiary/aromatic N) is 1. The van der Waals surface area contributed by atoms with Crippen molar-refractivity contribution >= 4 is 28.6 Å². The Morgan fingerprint density at radius 3 is 2.68 bits per heavy atom. The van der Waals surface area contributed by atoms with Gasteiger partial charge in [-0.15, -0.1) is 11.8 Å². The Morgan fingerprint density at radius 1 is 1.18 bits per heavy atom. The van der Waals surface area contributed by atoms with Gasteiger partial charge in [0.2, 0.25) is 0 Å². The van der Waals surface area contributed by atoms with Gasteiger partial charge in [0, 0.05) is 16.4 Å². The van der Waals surface area contributed by atoms with Crippen LogP contribution in [-0.4, -0.2) is 21.5 Å². The molecule has 3 rings (SSSR count). The molecule has 0 bridgehead atoms. The molecule has 0 spiro atoms. The van der Waals surface area contributed by atoms with E-state index in [0.29, 0.717) is 11.7 Å². The van der Waals surface area contributed by atoms with Gasteiger partial charge in [-0.05, 0) is 30.3 Å². The zero-order valence-corrected chi connectivity index (χ0v) is 13.5. The Balaban J connectivity index is 1.76. The molecule has 0 aliphatic heterocycles. The van der Waals surface area contributed by atoms with Gasteiger partial charge in [-0.25, -0.2) is 4.98 Å². The molecule has 2 aromatic carbocycles. The molecule has 0 aliphatic rings. The number of rotatable bonds is 5. The van der Waals surface area contributed by atoms with E-state index in [0.717, 1.165) is 27.3 Å². The molecule has 22 heavy (non-hydrogen) atoms. The molecule has 1 heterocycles. The van der Waals surface area contributed by atoms with E-state index in [1.54, 1.807) is 11.8 Å². The van der Waals surface area contributed by atoms with Gasteiger partial charge in [0.1, 0.15) is 5.82 Å². The average molecular weight is 310 g/mol. The molecular formula is C18H18N2OS. The van der Waals surface area contributed by atoms with Crippen molar-refractivity contribution in [3.8, 4) is 0 Å². The van der Waals surface area contributed by atoms with Crippen LogP contribution in [0.2, 0.25) is 0 Å². The second kappa shape index (κ2) is 6.36. The summed E-state index contributed by atoms with van der Waals surface area (Å²) in [5.74, 6) is 1.88. The summed E-state index contributed by atoms with van der Waals surface area (Å²) < 4.78 is 0. The number of fused-ring (bicyclic) bond motifs is 1. The van der Waals surface area contributed by atoms with Gasteiger partial charge in [-0.2, -0.15) is 0 Å². The summed E-state index contributed by atoms with van der Waals surface area (Å²) in [4.78, 5) is 21.3. The lowest BCUT2D eigenvalue weighted by Gasteiger charge is -2.02. The van der Waals surface area contributed by atoms with E-state index in [4.69, 9.17) is 0 Å². The van der Waals surface area contributed by atoms with Gasteiger partial charge in [0.05, 0.1) is 16.8 Å². The Morgan fingerprint density at radius 2 is 1.95 bits per heavy atom. The topological polar surface area (TPSA) is 45.8 Å². The molecule has 0 amide bonds. The van der Waals surface area contributed by atoms with Crippen molar-refractivity contribution in [1.82, 2.24) is 9.97 Å². The highest BCUT2D eigenvalue weighted by atomic mass is 32.2. The lowest BCUT2D eigenvalue weighted by atomic mass is 10.1. The van der Waals surface area contributed by atoms with Crippen LogP contribution in [0.1, 0.15) is 35.9 Å². The first-order chi connectivity index (χ1) is 10.6. The highest BCUT2D eigenvalue weighted by molar-refractivity contribution is 8.00. The number of carbonyl (C=O) groups excluding carboxylic acids is 1. The van der Waals surface area contributed by atoms with Crippen LogP contribution in [0.4, 0.5) is 0 Å². The molecule has 0 atom stereocenters. The maximum absolute atomic E-state index is 12.3. The third-order valence-electron chi connectivity index (χ3n) is 3.48. The fourth-order valence-corrected chi connectivity index (χ4v) is 3.04. The quantitative estimate of drug-likeness (QED) is 0.550. The molecule has 4 heteroatoms. The van der Waals surface area contributed by atoms with Gasteiger partial charge in [-0.1, -0.05) is 32.0 Å². The second-order valence-electron chi connectivity index (χ2n) is 5.53. The number of Topliss-reactive ketones (excluding diaryl/α,β-unsaturated/α-hetero) is 1. The van der Waals surface area contributed by atoms with Crippen LogP contribution in [0, 0.1) is 0 Å². The van der Waals surface area contributed by atoms with Gasteiger partial charge in [0.15, 0.2) is 5.78 Å². The Bertz CT molecular complexity index is 793. The zero-order valence-electron chi connectivity index (χ0n) is 12.7. The summed E-state index contributed by atoms with van der Waals surface area (Å²) in [5, 5.41) is 0. The molecule has 0 saturated heterocycles. The largest absolute Gasteiger partial charge is 0.342 e. The number of hydrogen-bond acceptors (Lipinski definition) is 3. The molecule has 1 aromatic heterocycles. The van der Waals surface area contributed by atoms with E-state index in [1.807, 2.05) is 48.5 Å². The number of aromatic nitrogens is 2. The van der Waals surface area contributed by atoms with Crippen LogP contribution in [-0.2, 0) is 0 Å². The Labute approximate surface area is 134 Å². The van der Waals surface area contributed by atoms with E-state index in [9.17, 15) is 4.79 Å². The number of carbonyl (C=O) groups is 1. The fourth-order valence-electron chi connectivity index (χ4n) is 2.23. The van der Waals surface area contributed by atoms with E-state index in [-0.39, 0.29) is 5.78 Å². The number of imidazole rings is 1. The Kier molecular flexibility index (Phi) is 4.29. The molecule has 3 aromatic rings. The number of hydrogen-bond donors (Lipinski definition) is 1. The number of ketones is 1. The van der Waals surface area contributed by atoms with Crippen LogP contribution >= 0.6 is 11.8 Å². The third kappa shape index (κ3) is 3.22. The third-order valence-corrected chi connectivity index (χ3v) is 4.49. The van der Waals surface area contributed by atoms with Crippen molar-refractivity contribution in [1.29, 1.82) is 0 Å². The van der Waals surface area contributed by atoms with Crippen molar-refractivity contribution in [2.75, 3.05) is 5.75 Å². The van der Waals surface area contributed by atoms with Crippen molar-refractivity contribution < 1.29 is 4.79 Å². The first-order valence-corrected chi connectivity index (χ1v) is 8.33. The maximum Gasteiger partial charge on any atom is 0.173 e. The lowest BCUT2D eigenvalue weighted by molar-refractivity contribution is 0.102. The predicted molar refractivity (Wildman–Crippen MR) is 91.7 cm³/mol. The van der Waals surface area contributed by atoms with E-state index < -0.39 is 0 Å². The number of H-pyrrole nitrogens is 1. The molecular weight excluding hydrogens is 292 g/mol. The zero-order chi connectivity index (χ0) is 15.5. The number of benzene rings is 2. The summed E-state index contributed by atoms with van der Waals surface area (Å²) in [6.07, 6.45) is 0. The minimum absolute atomic E-state index is 0.136. The van der Waals surface area contributed by atoms with Crippen LogP contribution in [0.3, 0.4) is 0 Å². The monoisotopic (exact) mass is 310 g/mol. The van der Waals surface area contributed by atoms with E-state index in [1.165, 1.54) is 0 Å². The van der Waals surface area contributed by atoms with Gasteiger partial charge in [-0.3, -0.25) is 4.79 Å². The summed E-state index contributed by atoms with van der Waals surface area (Å²) in [6.45, 7) is 4.19. The smallest absolute Gasteiger partial charge is 0.173 e. The molecule has 3 nitrogen and oxygen atoms in total. The van der Waals surface area contributed by atoms with E-state index in [2.05, 4.69) is 23.8 Å². The molecule has 0 unspecified atom stereocenters. The van der Waals surface area contributed by atoms with Crippen molar-refractivity contribution in [2.45, 2.75) is 24.7 Å². The summed E-state index contributed by atoms with van der Waals surface area (Å²) >= 11 is 1.56. The number of aromatic amines is 1. The highest BCUT2D eigenvalue weighted by Gasteiger charge is 2.11. The lowest BCUT2D eigenvalue weighted by Crippen LogP contribution is -2.02. The van der Waals surface area contributed by atoms with Gasteiger partial charge >= 0.3 is 0 Å². The minimum Gasteiger partial charge on any atom is -0.342 e. The summed E-state index contributed by atoms with van der Waals surface area (Å²) in [5.41, 5.74) is 2.57. The van der Waals surface area contributed by atoms with Gasteiger partial charge in [0.25, 0.3) is 0 Å². The number of thioether (sulfide) groups is 1. The maximum atomic E-state index is 12.3. The molecule has 1 N–H and O–H groups in total. The SMILES string of the molecule is CC(C)c1nc2ccc(C(=O)CSc3ccccc3)cc2[nH]1. The van der Waals surface area contributed by atoms with Crippen LogP contribution in [0.5, 0.6) is 0 Å². The molecule has 0 fully saturated rings. The van der Waals surface area contributed by atoms with Crippen molar-refractivity contribution in [2.24, 2.45) is 0 Å². The fraction of sp³-hybridized carbons (Fsp3) is 0.222. The molecule has 0 saturated carbocycles. The molecule has 112 valence electrons. The van der Waals surface area contributed by atoms with Crippen LogP contribution < -0.4 is 0 Å². The van der Waals surface area contributed by atoms with Crippen molar-refractivity contribution in [3.63, 3.8) is 0 Å². The predicted octanol–water partition coefficient (Wildman–Crippen LogP) is 4.66. The first kappa shape index (κ1) is 14.9. The number of nitrogens with one attached hydrogen (secondary N) is 1. The first-order valence-electron chi connectivity index (χ1n) is 7.34. The van der Waals surface area contributed by atoms with E-state index >= 15 is 0 Å². The van der Waals surface area contributed by atoms with Crippen LogP contribution in [0.15, 0.2) is 53.4 Å².